The van der Waals surface area contributed by atoms with Gasteiger partial charge in [0.05, 0.1) is 0 Å². The predicted octanol–water partition coefficient (Wildman–Crippen LogP) is 2.81. The predicted molar refractivity (Wildman–Crippen MR) is 45.7 cm³/mol. The fourth-order valence-corrected chi connectivity index (χ4v) is 1.04. The highest BCUT2D eigenvalue weighted by molar-refractivity contribution is 5.84. The van der Waals surface area contributed by atoms with Gasteiger partial charge in [-0.25, -0.2) is 4.39 Å². The van der Waals surface area contributed by atoms with Crippen LogP contribution in [-0.2, 0) is 10.7 Å². The molecule has 0 aliphatic rings. The van der Waals surface area contributed by atoms with Crippen molar-refractivity contribution in [1.29, 1.82) is 0 Å². The molecule has 1 aromatic rings. The Morgan fingerprint density at radius 3 is 2.36 bits per heavy atom. The van der Waals surface area contributed by atoms with E-state index in [4.69, 9.17) is 0 Å². The SMILES string of the molecule is CC(=O)C(F)(F)c1ccc(F)c(C)c1. The second kappa shape index (κ2) is 3.44. The molecule has 4 heteroatoms. The normalized spacial score (nSPS) is 11.5. The number of alkyl halides is 2. The number of Topliss-reactive ketones (excluding diaryl/α,β-unsaturated/α-hetero) is 1. The smallest absolute Gasteiger partial charge is 0.293 e. The maximum absolute atomic E-state index is 13.1. The molecule has 0 atom stereocenters. The number of aryl methyl sites for hydroxylation is 1. The molecule has 1 nitrogen and oxygen atoms in total. The topological polar surface area (TPSA) is 17.1 Å². The lowest BCUT2D eigenvalue weighted by molar-refractivity contribution is -0.141. The van der Waals surface area contributed by atoms with Crippen LogP contribution in [0.4, 0.5) is 13.2 Å². The van der Waals surface area contributed by atoms with Crippen LogP contribution >= 0.6 is 0 Å². The second-order valence-corrected chi connectivity index (χ2v) is 3.09. The van der Waals surface area contributed by atoms with Gasteiger partial charge in [0.2, 0.25) is 5.78 Å². The van der Waals surface area contributed by atoms with E-state index in [0.717, 1.165) is 25.1 Å². The van der Waals surface area contributed by atoms with Crippen LogP contribution in [0.15, 0.2) is 18.2 Å². The average Bonchev–Trinajstić information content (AvgIpc) is 2.09. The van der Waals surface area contributed by atoms with E-state index in [1.165, 1.54) is 6.92 Å². The zero-order chi connectivity index (χ0) is 10.9. The highest BCUT2D eigenvalue weighted by Crippen LogP contribution is 2.29. The third-order valence-corrected chi connectivity index (χ3v) is 1.96. The molecule has 0 bridgehead atoms. The maximum atomic E-state index is 13.1. The van der Waals surface area contributed by atoms with Gasteiger partial charge in [-0.05, 0) is 30.7 Å². The Hall–Kier alpha value is -1.32. The fourth-order valence-electron chi connectivity index (χ4n) is 1.04. The average molecular weight is 202 g/mol. The first-order valence-corrected chi connectivity index (χ1v) is 4.01. The number of benzene rings is 1. The first-order valence-electron chi connectivity index (χ1n) is 4.01. The summed E-state index contributed by atoms with van der Waals surface area (Å²) < 4.78 is 39.0. The zero-order valence-electron chi connectivity index (χ0n) is 7.77. The molecule has 1 aromatic carbocycles. The Morgan fingerprint density at radius 1 is 1.36 bits per heavy atom. The standard InChI is InChI=1S/C10H9F3O/c1-6-5-8(3-4-9(6)11)10(12,13)7(2)14/h3-5H,1-2H3. The van der Waals surface area contributed by atoms with E-state index in [2.05, 4.69) is 0 Å². The van der Waals surface area contributed by atoms with Crippen LogP contribution in [0.5, 0.6) is 0 Å². The Morgan fingerprint density at radius 2 is 1.93 bits per heavy atom. The van der Waals surface area contributed by atoms with Gasteiger partial charge in [-0.3, -0.25) is 4.79 Å². The first-order chi connectivity index (χ1) is 6.35. The van der Waals surface area contributed by atoms with Crippen molar-refractivity contribution < 1.29 is 18.0 Å². The monoisotopic (exact) mass is 202 g/mol. The largest absolute Gasteiger partial charge is 0.330 e. The molecule has 0 amide bonds. The van der Waals surface area contributed by atoms with Crippen molar-refractivity contribution in [3.05, 3.63) is 35.1 Å². The maximum Gasteiger partial charge on any atom is 0.330 e. The second-order valence-electron chi connectivity index (χ2n) is 3.09. The summed E-state index contributed by atoms with van der Waals surface area (Å²) in [6, 6.07) is 2.84. The van der Waals surface area contributed by atoms with E-state index in [0.29, 0.717) is 0 Å². The van der Waals surface area contributed by atoms with E-state index >= 15 is 0 Å². The van der Waals surface area contributed by atoms with Crippen LogP contribution in [0.1, 0.15) is 18.1 Å². The summed E-state index contributed by atoms with van der Waals surface area (Å²) in [7, 11) is 0. The van der Waals surface area contributed by atoms with Crippen molar-refractivity contribution in [1.82, 2.24) is 0 Å². The van der Waals surface area contributed by atoms with Crippen molar-refractivity contribution in [2.45, 2.75) is 19.8 Å². The first kappa shape index (κ1) is 10.8. The van der Waals surface area contributed by atoms with Gasteiger partial charge in [-0.1, -0.05) is 0 Å². The number of hydrogen-bond donors (Lipinski definition) is 0. The van der Waals surface area contributed by atoms with Gasteiger partial charge in [0.15, 0.2) is 0 Å². The quantitative estimate of drug-likeness (QED) is 0.720. The van der Waals surface area contributed by atoms with Crippen LogP contribution in [0.2, 0.25) is 0 Å². The summed E-state index contributed by atoms with van der Waals surface area (Å²) in [4.78, 5) is 10.6. The van der Waals surface area contributed by atoms with Crippen molar-refractivity contribution >= 4 is 5.78 Å². The molecule has 0 fully saturated rings. The van der Waals surface area contributed by atoms with Crippen LogP contribution in [-0.4, -0.2) is 5.78 Å². The van der Waals surface area contributed by atoms with Gasteiger partial charge in [0.1, 0.15) is 5.82 Å². The van der Waals surface area contributed by atoms with E-state index < -0.39 is 23.1 Å². The molecule has 1 rings (SSSR count). The molecule has 0 aliphatic carbocycles. The molecular formula is C10H9F3O. The summed E-state index contributed by atoms with van der Waals surface area (Å²) in [5.74, 6) is -5.34. The molecular weight excluding hydrogens is 193 g/mol. The lowest BCUT2D eigenvalue weighted by atomic mass is 10.0. The Labute approximate surface area is 79.5 Å². The van der Waals surface area contributed by atoms with Crippen LogP contribution < -0.4 is 0 Å². The van der Waals surface area contributed by atoms with E-state index in [9.17, 15) is 18.0 Å². The number of ketones is 1. The van der Waals surface area contributed by atoms with Crippen molar-refractivity contribution in [3.63, 3.8) is 0 Å². The summed E-state index contributed by atoms with van der Waals surface area (Å²) in [6.45, 7) is 2.17. The van der Waals surface area contributed by atoms with E-state index in [-0.39, 0.29) is 5.56 Å². The van der Waals surface area contributed by atoms with Crippen molar-refractivity contribution in [2.24, 2.45) is 0 Å². The summed E-state index contributed by atoms with van der Waals surface area (Å²) >= 11 is 0. The summed E-state index contributed by atoms with van der Waals surface area (Å²) in [5, 5.41) is 0. The van der Waals surface area contributed by atoms with E-state index in [1.807, 2.05) is 0 Å². The molecule has 0 unspecified atom stereocenters. The molecule has 0 N–H and O–H groups in total. The molecule has 0 saturated heterocycles. The Kier molecular flexibility index (Phi) is 2.64. The molecule has 0 heterocycles. The van der Waals surface area contributed by atoms with Crippen molar-refractivity contribution in [2.75, 3.05) is 0 Å². The molecule has 76 valence electrons. The van der Waals surface area contributed by atoms with Crippen LogP contribution in [0.25, 0.3) is 0 Å². The minimum absolute atomic E-state index is 0.100. The lowest BCUT2D eigenvalue weighted by Crippen LogP contribution is -2.23. The molecule has 14 heavy (non-hydrogen) atoms. The van der Waals surface area contributed by atoms with Gasteiger partial charge < -0.3 is 0 Å². The van der Waals surface area contributed by atoms with Gasteiger partial charge in [-0.2, -0.15) is 8.78 Å². The number of hydrogen-bond acceptors (Lipinski definition) is 1. The Balaban J connectivity index is 3.21. The highest BCUT2D eigenvalue weighted by atomic mass is 19.3. The van der Waals surface area contributed by atoms with Crippen LogP contribution in [0.3, 0.4) is 0 Å². The molecule has 0 spiro atoms. The number of halogens is 3. The molecule has 0 aliphatic heterocycles. The van der Waals surface area contributed by atoms with Gasteiger partial charge in [0, 0.05) is 12.5 Å². The summed E-state index contributed by atoms with van der Waals surface area (Å²) in [6.07, 6.45) is 0. The number of carbonyl (C=O) groups is 1. The van der Waals surface area contributed by atoms with Crippen molar-refractivity contribution in [3.8, 4) is 0 Å². The number of carbonyl (C=O) groups excluding carboxylic acids is 1. The Bertz CT molecular complexity index is 372. The van der Waals surface area contributed by atoms with E-state index in [1.54, 1.807) is 0 Å². The third kappa shape index (κ3) is 1.78. The van der Waals surface area contributed by atoms with Crippen LogP contribution in [0, 0.1) is 12.7 Å². The molecule has 0 aromatic heterocycles. The minimum Gasteiger partial charge on any atom is -0.293 e. The highest BCUT2D eigenvalue weighted by Gasteiger charge is 2.37. The fraction of sp³-hybridized carbons (Fsp3) is 0.300. The molecule has 0 radical (unpaired) electrons. The molecule has 0 saturated carbocycles. The van der Waals surface area contributed by atoms with Gasteiger partial charge >= 0.3 is 5.92 Å². The minimum atomic E-state index is -3.53. The summed E-state index contributed by atoms with van der Waals surface area (Å²) in [5.41, 5.74) is -0.368. The zero-order valence-corrected chi connectivity index (χ0v) is 7.77. The van der Waals surface area contributed by atoms with Gasteiger partial charge in [0.25, 0.3) is 0 Å². The van der Waals surface area contributed by atoms with Gasteiger partial charge in [-0.15, -0.1) is 0 Å². The number of rotatable bonds is 2. The third-order valence-electron chi connectivity index (χ3n) is 1.96. The lowest BCUT2D eigenvalue weighted by Gasteiger charge is -2.13.